The van der Waals surface area contributed by atoms with Gasteiger partial charge in [-0.2, -0.15) is 0 Å². The minimum Gasteiger partial charge on any atom is -0.374 e. The molecule has 0 aliphatic heterocycles. The van der Waals surface area contributed by atoms with Crippen LogP contribution in [-0.4, -0.2) is 20.1 Å². The molecule has 0 saturated carbocycles. The SMILES string of the molecule is CC(C)CCN(C)c1cc(Br)ccc1CNCC(C)C. The van der Waals surface area contributed by atoms with E-state index in [0.717, 1.165) is 30.0 Å². The third kappa shape index (κ3) is 6.27. The number of benzene rings is 1. The van der Waals surface area contributed by atoms with Gasteiger partial charge in [-0.1, -0.05) is 49.7 Å². The molecule has 0 unspecified atom stereocenters. The van der Waals surface area contributed by atoms with Crippen LogP contribution in [0.1, 0.15) is 39.7 Å². The van der Waals surface area contributed by atoms with Gasteiger partial charge in [-0.05, 0) is 42.5 Å². The quantitative estimate of drug-likeness (QED) is 0.739. The second-order valence-electron chi connectivity index (χ2n) is 6.40. The summed E-state index contributed by atoms with van der Waals surface area (Å²) in [4.78, 5) is 2.37. The predicted octanol–water partition coefficient (Wildman–Crippen LogP) is 4.68. The van der Waals surface area contributed by atoms with Crippen molar-refractivity contribution in [2.75, 3.05) is 25.0 Å². The van der Waals surface area contributed by atoms with E-state index in [2.05, 4.69) is 79.1 Å². The highest BCUT2D eigenvalue weighted by molar-refractivity contribution is 9.10. The van der Waals surface area contributed by atoms with Crippen molar-refractivity contribution in [1.29, 1.82) is 0 Å². The zero-order valence-electron chi connectivity index (χ0n) is 13.5. The van der Waals surface area contributed by atoms with Crippen molar-refractivity contribution in [3.05, 3.63) is 28.2 Å². The van der Waals surface area contributed by atoms with Crippen molar-refractivity contribution >= 4 is 21.6 Å². The number of halogens is 1. The summed E-state index contributed by atoms with van der Waals surface area (Å²) in [6.45, 7) is 12.1. The number of anilines is 1. The van der Waals surface area contributed by atoms with Crippen molar-refractivity contribution in [3.8, 4) is 0 Å². The Morgan fingerprint density at radius 1 is 1.15 bits per heavy atom. The smallest absolute Gasteiger partial charge is 0.0420 e. The van der Waals surface area contributed by atoms with Crippen LogP contribution < -0.4 is 10.2 Å². The molecular weight excluding hydrogens is 312 g/mol. The van der Waals surface area contributed by atoms with Gasteiger partial charge in [-0.3, -0.25) is 0 Å². The van der Waals surface area contributed by atoms with Crippen LogP contribution in [0, 0.1) is 11.8 Å². The van der Waals surface area contributed by atoms with Crippen LogP contribution in [0.5, 0.6) is 0 Å². The van der Waals surface area contributed by atoms with Gasteiger partial charge in [-0.25, -0.2) is 0 Å². The standard InChI is InChI=1S/C17H29BrN2/c1-13(2)8-9-20(5)17-10-16(18)7-6-15(17)12-19-11-14(3)4/h6-7,10,13-14,19H,8-9,11-12H2,1-5H3. The molecule has 3 heteroatoms. The molecule has 0 bridgehead atoms. The molecule has 20 heavy (non-hydrogen) atoms. The molecule has 0 saturated heterocycles. The molecule has 1 aromatic rings. The topological polar surface area (TPSA) is 15.3 Å². The summed E-state index contributed by atoms with van der Waals surface area (Å²) in [5, 5.41) is 3.54. The maximum Gasteiger partial charge on any atom is 0.0420 e. The Hall–Kier alpha value is -0.540. The van der Waals surface area contributed by atoms with Gasteiger partial charge in [0.2, 0.25) is 0 Å². The number of hydrogen-bond acceptors (Lipinski definition) is 2. The molecule has 0 aliphatic rings. The predicted molar refractivity (Wildman–Crippen MR) is 93.4 cm³/mol. The molecule has 0 fully saturated rings. The van der Waals surface area contributed by atoms with E-state index in [1.54, 1.807) is 0 Å². The van der Waals surface area contributed by atoms with Crippen LogP contribution in [0.3, 0.4) is 0 Å². The van der Waals surface area contributed by atoms with Crippen molar-refractivity contribution < 1.29 is 0 Å². The van der Waals surface area contributed by atoms with Crippen molar-refractivity contribution in [2.24, 2.45) is 11.8 Å². The van der Waals surface area contributed by atoms with Gasteiger partial charge in [-0.15, -0.1) is 0 Å². The molecule has 114 valence electrons. The summed E-state index contributed by atoms with van der Waals surface area (Å²) in [5.41, 5.74) is 2.70. The van der Waals surface area contributed by atoms with Crippen LogP contribution in [0.15, 0.2) is 22.7 Å². The maximum absolute atomic E-state index is 3.59. The molecule has 1 aromatic carbocycles. The highest BCUT2D eigenvalue weighted by Gasteiger charge is 2.09. The second kappa shape index (κ2) is 8.68. The Morgan fingerprint density at radius 2 is 1.85 bits per heavy atom. The first-order chi connectivity index (χ1) is 9.40. The number of rotatable bonds is 8. The van der Waals surface area contributed by atoms with E-state index in [-0.39, 0.29) is 0 Å². The minimum atomic E-state index is 0.688. The molecule has 0 radical (unpaired) electrons. The Kier molecular flexibility index (Phi) is 7.60. The normalized spacial score (nSPS) is 11.4. The third-order valence-electron chi connectivity index (χ3n) is 3.37. The average molecular weight is 341 g/mol. The molecule has 2 nitrogen and oxygen atoms in total. The lowest BCUT2D eigenvalue weighted by Crippen LogP contribution is -2.24. The Balaban J connectivity index is 2.73. The molecular formula is C17H29BrN2. The summed E-state index contributed by atoms with van der Waals surface area (Å²) in [5.74, 6) is 1.43. The summed E-state index contributed by atoms with van der Waals surface area (Å²) >= 11 is 3.59. The van der Waals surface area contributed by atoms with Gasteiger partial charge in [0.25, 0.3) is 0 Å². The van der Waals surface area contributed by atoms with Gasteiger partial charge in [0.1, 0.15) is 0 Å². The number of hydrogen-bond donors (Lipinski definition) is 1. The highest BCUT2D eigenvalue weighted by atomic mass is 79.9. The highest BCUT2D eigenvalue weighted by Crippen LogP contribution is 2.25. The molecule has 0 heterocycles. The number of nitrogens with one attached hydrogen (secondary N) is 1. The summed E-state index contributed by atoms with van der Waals surface area (Å²) in [7, 11) is 2.19. The molecule has 0 aliphatic carbocycles. The van der Waals surface area contributed by atoms with Crippen LogP contribution in [0.25, 0.3) is 0 Å². The maximum atomic E-state index is 3.59. The fourth-order valence-corrected chi connectivity index (χ4v) is 2.46. The van der Waals surface area contributed by atoms with Gasteiger partial charge in [0.05, 0.1) is 0 Å². The Labute approximate surface area is 133 Å². The van der Waals surface area contributed by atoms with E-state index in [1.807, 2.05) is 0 Å². The van der Waals surface area contributed by atoms with Crippen LogP contribution >= 0.6 is 15.9 Å². The van der Waals surface area contributed by atoms with E-state index in [4.69, 9.17) is 0 Å². The summed E-state index contributed by atoms with van der Waals surface area (Å²) in [6, 6.07) is 6.58. The first kappa shape index (κ1) is 17.5. The fraction of sp³-hybridized carbons (Fsp3) is 0.647. The zero-order chi connectivity index (χ0) is 15.1. The van der Waals surface area contributed by atoms with Gasteiger partial charge >= 0.3 is 0 Å². The fourth-order valence-electron chi connectivity index (χ4n) is 2.11. The van der Waals surface area contributed by atoms with Gasteiger partial charge in [0.15, 0.2) is 0 Å². The van der Waals surface area contributed by atoms with Crippen LogP contribution in [-0.2, 0) is 6.54 Å². The Morgan fingerprint density at radius 3 is 2.45 bits per heavy atom. The lowest BCUT2D eigenvalue weighted by Gasteiger charge is -2.24. The lowest BCUT2D eigenvalue weighted by molar-refractivity contribution is 0.551. The van der Waals surface area contributed by atoms with Gasteiger partial charge < -0.3 is 10.2 Å². The monoisotopic (exact) mass is 340 g/mol. The molecule has 1 N–H and O–H groups in total. The van der Waals surface area contributed by atoms with E-state index in [1.165, 1.54) is 17.7 Å². The molecule has 1 rings (SSSR count). The first-order valence-corrected chi connectivity index (χ1v) is 8.39. The third-order valence-corrected chi connectivity index (χ3v) is 3.86. The van der Waals surface area contributed by atoms with Crippen molar-refractivity contribution in [2.45, 2.75) is 40.7 Å². The largest absolute Gasteiger partial charge is 0.374 e. The van der Waals surface area contributed by atoms with E-state index in [9.17, 15) is 0 Å². The average Bonchev–Trinajstić information content (AvgIpc) is 2.37. The Bertz CT molecular complexity index is 402. The summed E-state index contributed by atoms with van der Waals surface area (Å²) in [6.07, 6.45) is 1.22. The molecule has 0 aromatic heterocycles. The second-order valence-corrected chi connectivity index (χ2v) is 7.32. The first-order valence-electron chi connectivity index (χ1n) is 7.60. The van der Waals surface area contributed by atoms with Crippen LogP contribution in [0.2, 0.25) is 0 Å². The van der Waals surface area contributed by atoms with Crippen molar-refractivity contribution in [3.63, 3.8) is 0 Å². The van der Waals surface area contributed by atoms with Gasteiger partial charge in [0, 0.05) is 30.3 Å². The molecule has 0 spiro atoms. The van der Waals surface area contributed by atoms with E-state index >= 15 is 0 Å². The minimum absolute atomic E-state index is 0.688. The summed E-state index contributed by atoms with van der Waals surface area (Å²) < 4.78 is 1.15. The van der Waals surface area contributed by atoms with Crippen molar-refractivity contribution in [1.82, 2.24) is 5.32 Å². The molecule has 0 amide bonds. The number of nitrogens with zero attached hydrogens (tertiary/aromatic N) is 1. The van der Waals surface area contributed by atoms with Crippen LogP contribution in [0.4, 0.5) is 5.69 Å². The van der Waals surface area contributed by atoms with E-state index < -0.39 is 0 Å². The molecule has 0 atom stereocenters. The zero-order valence-corrected chi connectivity index (χ0v) is 15.1. The lowest BCUT2D eigenvalue weighted by atomic mass is 10.1. The van der Waals surface area contributed by atoms with E-state index in [0.29, 0.717) is 5.92 Å².